The molecule has 0 heterocycles. The fourth-order valence-electron chi connectivity index (χ4n) is 0.827. The molecule has 0 fully saturated rings. The van der Waals surface area contributed by atoms with Crippen LogP contribution in [0.4, 0.5) is 5.69 Å². The number of para-hydroxylation sites is 1. The highest BCUT2D eigenvalue weighted by atomic mass is 16.2. The number of aliphatic hydroxyl groups is 1. The molecule has 0 saturated carbocycles. The van der Waals surface area contributed by atoms with E-state index in [0.29, 0.717) is 0 Å². The maximum absolute atomic E-state index is 7.00. The number of benzene rings is 1. The highest BCUT2D eigenvalue weighted by Gasteiger charge is 1.92. The van der Waals surface area contributed by atoms with Crippen molar-refractivity contribution in [1.82, 2.24) is 0 Å². The summed E-state index contributed by atoms with van der Waals surface area (Å²) in [5.41, 5.74) is 8.92. The number of aryl methyl sites for hydroxylation is 2. The largest absolute Gasteiger partial charge is 0.400 e. The van der Waals surface area contributed by atoms with Gasteiger partial charge in [0.1, 0.15) is 0 Å². The lowest BCUT2D eigenvalue weighted by atomic mass is 10.1. The molecule has 0 spiro atoms. The molecule has 0 aliphatic heterocycles. The molecule has 0 aliphatic carbocycles. The second-order valence-corrected chi connectivity index (χ2v) is 2.31. The first-order valence-electron chi connectivity index (χ1n) is 3.48. The molecular weight excluding hydrogens is 138 g/mol. The van der Waals surface area contributed by atoms with Crippen LogP contribution in [0.3, 0.4) is 0 Å². The molecule has 0 bridgehead atoms. The van der Waals surface area contributed by atoms with Crippen molar-refractivity contribution >= 4 is 5.69 Å². The van der Waals surface area contributed by atoms with E-state index in [9.17, 15) is 0 Å². The zero-order chi connectivity index (χ0) is 8.85. The van der Waals surface area contributed by atoms with E-state index in [1.165, 1.54) is 0 Å². The van der Waals surface area contributed by atoms with Crippen LogP contribution in [0, 0.1) is 13.8 Å². The summed E-state index contributed by atoms with van der Waals surface area (Å²) >= 11 is 0. The zero-order valence-corrected chi connectivity index (χ0v) is 7.26. The molecule has 0 amide bonds. The molecular formula is C9H15NO. The highest BCUT2D eigenvalue weighted by Crippen LogP contribution is 2.13. The SMILES string of the molecule is CO.Cc1cccc(C)c1N. The lowest BCUT2D eigenvalue weighted by Crippen LogP contribution is -1.91. The fraction of sp³-hybridized carbons (Fsp3) is 0.333. The highest BCUT2D eigenvalue weighted by molar-refractivity contribution is 5.52. The quantitative estimate of drug-likeness (QED) is 0.555. The van der Waals surface area contributed by atoms with Gasteiger partial charge in [0.2, 0.25) is 0 Å². The summed E-state index contributed by atoms with van der Waals surface area (Å²) in [6.07, 6.45) is 0. The van der Waals surface area contributed by atoms with Gasteiger partial charge in [-0.1, -0.05) is 18.2 Å². The van der Waals surface area contributed by atoms with Gasteiger partial charge in [-0.3, -0.25) is 0 Å². The Kier molecular flexibility index (Phi) is 4.30. The summed E-state index contributed by atoms with van der Waals surface area (Å²) in [6, 6.07) is 6.05. The first kappa shape index (κ1) is 9.98. The van der Waals surface area contributed by atoms with Crippen molar-refractivity contribution in [2.45, 2.75) is 13.8 Å². The van der Waals surface area contributed by atoms with Crippen LogP contribution in [0.2, 0.25) is 0 Å². The fourth-order valence-corrected chi connectivity index (χ4v) is 0.827. The van der Waals surface area contributed by atoms with Gasteiger partial charge in [0, 0.05) is 12.8 Å². The zero-order valence-electron chi connectivity index (χ0n) is 7.26. The van der Waals surface area contributed by atoms with Gasteiger partial charge in [-0.05, 0) is 25.0 Å². The predicted octanol–water partition coefficient (Wildman–Crippen LogP) is 1.49. The van der Waals surface area contributed by atoms with Crippen LogP contribution in [0.5, 0.6) is 0 Å². The maximum Gasteiger partial charge on any atom is 0.0373 e. The molecule has 0 aromatic heterocycles. The smallest absolute Gasteiger partial charge is 0.0373 e. The minimum Gasteiger partial charge on any atom is -0.400 e. The Morgan fingerprint density at radius 3 is 1.73 bits per heavy atom. The van der Waals surface area contributed by atoms with Crippen LogP contribution in [-0.2, 0) is 0 Å². The number of aliphatic hydroxyl groups excluding tert-OH is 1. The number of hydrogen-bond acceptors (Lipinski definition) is 2. The summed E-state index contributed by atoms with van der Waals surface area (Å²) in [5.74, 6) is 0. The first-order chi connectivity index (χ1) is 5.22. The van der Waals surface area contributed by atoms with Gasteiger partial charge in [0.25, 0.3) is 0 Å². The molecule has 1 rings (SSSR count). The van der Waals surface area contributed by atoms with Gasteiger partial charge in [-0.25, -0.2) is 0 Å². The van der Waals surface area contributed by atoms with Crippen molar-refractivity contribution < 1.29 is 5.11 Å². The van der Waals surface area contributed by atoms with E-state index in [-0.39, 0.29) is 0 Å². The van der Waals surface area contributed by atoms with Crippen LogP contribution in [-0.4, -0.2) is 12.2 Å². The molecule has 11 heavy (non-hydrogen) atoms. The normalized spacial score (nSPS) is 8.36. The molecule has 2 heteroatoms. The van der Waals surface area contributed by atoms with E-state index in [0.717, 1.165) is 23.9 Å². The molecule has 1 aromatic rings. The molecule has 0 saturated heterocycles. The van der Waals surface area contributed by atoms with E-state index in [2.05, 4.69) is 0 Å². The molecule has 0 atom stereocenters. The van der Waals surface area contributed by atoms with Crippen LogP contribution < -0.4 is 5.73 Å². The Morgan fingerprint density at radius 2 is 1.45 bits per heavy atom. The summed E-state index contributed by atoms with van der Waals surface area (Å²) in [5, 5.41) is 7.00. The van der Waals surface area contributed by atoms with Crippen LogP contribution >= 0.6 is 0 Å². The number of hydrogen-bond donors (Lipinski definition) is 2. The average molecular weight is 153 g/mol. The van der Waals surface area contributed by atoms with E-state index >= 15 is 0 Å². The number of nitrogen functional groups attached to an aromatic ring is 1. The average Bonchev–Trinajstić information content (AvgIpc) is 2.04. The van der Waals surface area contributed by atoms with Crippen LogP contribution in [0.25, 0.3) is 0 Å². The lowest BCUT2D eigenvalue weighted by molar-refractivity contribution is 0.399. The van der Waals surface area contributed by atoms with Crippen molar-refractivity contribution in [3.8, 4) is 0 Å². The van der Waals surface area contributed by atoms with E-state index in [1.807, 2.05) is 32.0 Å². The van der Waals surface area contributed by atoms with Crippen LogP contribution in [0.1, 0.15) is 11.1 Å². The third-order valence-corrected chi connectivity index (χ3v) is 1.54. The maximum atomic E-state index is 7.00. The lowest BCUT2D eigenvalue weighted by Gasteiger charge is -2.00. The van der Waals surface area contributed by atoms with Gasteiger partial charge >= 0.3 is 0 Å². The standard InChI is InChI=1S/C8H11N.CH4O/c1-6-4-3-5-7(2)8(6)9;1-2/h3-5H,9H2,1-2H3;2H,1H3. The molecule has 62 valence electrons. The van der Waals surface area contributed by atoms with Crippen molar-refractivity contribution in [2.75, 3.05) is 12.8 Å². The summed E-state index contributed by atoms with van der Waals surface area (Å²) in [7, 11) is 1.00. The molecule has 2 nitrogen and oxygen atoms in total. The first-order valence-corrected chi connectivity index (χ1v) is 3.48. The summed E-state index contributed by atoms with van der Waals surface area (Å²) in [6.45, 7) is 4.03. The topological polar surface area (TPSA) is 46.2 Å². The van der Waals surface area contributed by atoms with E-state index < -0.39 is 0 Å². The molecule has 0 unspecified atom stereocenters. The van der Waals surface area contributed by atoms with Gasteiger partial charge in [-0.2, -0.15) is 0 Å². The van der Waals surface area contributed by atoms with E-state index in [1.54, 1.807) is 0 Å². The number of nitrogens with two attached hydrogens (primary N) is 1. The Morgan fingerprint density at radius 1 is 1.09 bits per heavy atom. The van der Waals surface area contributed by atoms with Crippen molar-refractivity contribution in [3.63, 3.8) is 0 Å². The Balaban J connectivity index is 0.000000461. The van der Waals surface area contributed by atoms with Crippen LogP contribution in [0.15, 0.2) is 18.2 Å². The number of anilines is 1. The Bertz CT molecular complexity index is 201. The van der Waals surface area contributed by atoms with Gasteiger partial charge < -0.3 is 10.8 Å². The van der Waals surface area contributed by atoms with Gasteiger partial charge in [-0.15, -0.1) is 0 Å². The summed E-state index contributed by atoms with van der Waals surface area (Å²) < 4.78 is 0. The van der Waals surface area contributed by atoms with Crippen molar-refractivity contribution in [1.29, 1.82) is 0 Å². The van der Waals surface area contributed by atoms with Gasteiger partial charge in [0.15, 0.2) is 0 Å². The van der Waals surface area contributed by atoms with Gasteiger partial charge in [0.05, 0.1) is 0 Å². The second-order valence-electron chi connectivity index (χ2n) is 2.31. The van der Waals surface area contributed by atoms with E-state index in [4.69, 9.17) is 10.8 Å². The number of rotatable bonds is 0. The van der Waals surface area contributed by atoms with Crippen molar-refractivity contribution in [3.05, 3.63) is 29.3 Å². The molecule has 0 aliphatic rings. The Hall–Kier alpha value is -1.02. The molecule has 1 aromatic carbocycles. The minimum absolute atomic E-state index is 0.914. The summed E-state index contributed by atoms with van der Waals surface area (Å²) in [4.78, 5) is 0. The minimum atomic E-state index is 0.914. The Labute approximate surface area is 67.7 Å². The molecule has 3 N–H and O–H groups in total. The second kappa shape index (κ2) is 4.74. The third-order valence-electron chi connectivity index (χ3n) is 1.54. The predicted molar refractivity (Wildman–Crippen MR) is 48.5 cm³/mol. The third kappa shape index (κ3) is 2.60. The van der Waals surface area contributed by atoms with Crippen molar-refractivity contribution in [2.24, 2.45) is 0 Å². The molecule has 0 radical (unpaired) electrons. The monoisotopic (exact) mass is 153 g/mol.